The van der Waals surface area contributed by atoms with E-state index in [1.165, 1.54) is 0 Å². The Kier molecular flexibility index (Phi) is 5.76. The second-order valence-corrected chi connectivity index (χ2v) is 5.83. The predicted molar refractivity (Wildman–Crippen MR) is 51.3 cm³/mol. The molecule has 0 aliphatic carbocycles. The molecule has 0 unspecified atom stereocenters. The van der Waals surface area contributed by atoms with Gasteiger partial charge in [0.15, 0.2) is 0 Å². The third-order valence-electron chi connectivity index (χ3n) is 1.47. The van der Waals surface area contributed by atoms with Gasteiger partial charge in [-0.15, -0.1) is 0 Å². The molecule has 0 saturated carbocycles. The van der Waals surface area contributed by atoms with Gasteiger partial charge in [-0.05, 0) is 28.2 Å². The summed E-state index contributed by atoms with van der Waals surface area (Å²) in [4.78, 5) is 4.40. The molecule has 0 atom stereocenters. The second-order valence-electron chi connectivity index (χ2n) is 3.38. The van der Waals surface area contributed by atoms with E-state index in [1.807, 2.05) is 7.11 Å². The fourth-order valence-electron chi connectivity index (χ4n) is 1.02. The van der Waals surface area contributed by atoms with E-state index in [0.717, 1.165) is 12.3 Å². The minimum atomic E-state index is -0.977. The quantitative estimate of drug-likeness (QED) is 0.528. The van der Waals surface area contributed by atoms with Gasteiger partial charge in [-0.25, -0.2) is 0 Å². The first-order valence-electron chi connectivity index (χ1n) is 3.88. The maximum Gasteiger partial charge on any atom is 0.203 e. The molecule has 11 heavy (non-hydrogen) atoms. The highest BCUT2D eigenvalue weighted by molar-refractivity contribution is 6.52. The summed E-state index contributed by atoms with van der Waals surface area (Å²) in [6.45, 7) is 0. The molecule has 4 heteroatoms. The fraction of sp³-hybridized carbons (Fsp3) is 1.00. The van der Waals surface area contributed by atoms with Crippen LogP contribution in [0.4, 0.5) is 0 Å². The van der Waals surface area contributed by atoms with Crippen molar-refractivity contribution in [1.82, 2.24) is 9.80 Å². The Hall–Kier alpha value is 0.0969. The van der Waals surface area contributed by atoms with E-state index in [4.69, 9.17) is 4.43 Å². The zero-order chi connectivity index (χ0) is 8.85. The molecular formula is C7H20N2OSi. The van der Waals surface area contributed by atoms with E-state index < -0.39 is 9.04 Å². The Morgan fingerprint density at radius 3 is 1.55 bits per heavy atom. The van der Waals surface area contributed by atoms with Crippen LogP contribution in [0.25, 0.3) is 0 Å². The zero-order valence-electron chi connectivity index (χ0n) is 8.29. The van der Waals surface area contributed by atoms with Crippen molar-refractivity contribution < 1.29 is 4.43 Å². The molecule has 0 radical (unpaired) electrons. The van der Waals surface area contributed by atoms with Gasteiger partial charge in [-0.1, -0.05) is 0 Å². The zero-order valence-corrected chi connectivity index (χ0v) is 9.45. The topological polar surface area (TPSA) is 15.7 Å². The van der Waals surface area contributed by atoms with Crippen LogP contribution in [0.3, 0.4) is 0 Å². The van der Waals surface area contributed by atoms with Crippen molar-refractivity contribution >= 4 is 9.04 Å². The molecule has 0 spiro atoms. The van der Waals surface area contributed by atoms with Gasteiger partial charge >= 0.3 is 0 Å². The third kappa shape index (κ3) is 6.49. The van der Waals surface area contributed by atoms with Crippen LogP contribution >= 0.6 is 0 Å². The van der Waals surface area contributed by atoms with Crippen molar-refractivity contribution in [1.29, 1.82) is 0 Å². The summed E-state index contributed by atoms with van der Waals surface area (Å²) in [5.41, 5.74) is 0. The smallest absolute Gasteiger partial charge is 0.203 e. The molecule has 0 fully saturated rings. The lowest BCUT2D eigenvalue weighted by atomic mass is 11.0. The molecule has 0 N–H and O–H groups in total. The van der Waals surface area contributed by atoms with Crippen LogP contribution in [-0.4, -0.2) is 66.5 Å². The van der Waals surface area contributed by atoms with E-state index in [2.05, 4.69) is 38.0 Å². The molecule has 3 nitrogen and oxygen atoms in total. The van der Waals surface area contributed by atoms with Gasteiger partial charge in [0.25, 0.3) is 0 Å². The standard InChI is InChI=1S/C7H20N2OSi/c1-8(2)6-11(10-5)7-9(3)4/h11H,6-7H2,1-5H3. The first-order chi connectivity index (χ1) is 5.06. The average molecular weight is 176 g/mol. The van der Waals surface area contributed by atoms with Gasteiger partial charge in [0.05, 0.1) is 0 Å². The maximum absolute atomic E-state index is 5.43. The number of nitrogens with zero attached hydrogens (tertiary/aromatic N) is 2. The second kappa shape index (κ2) is 5.71. The molecule has 0 saturated heterocycles. The molecular weight excluding hydrogens is 156 g/mol. The van der Waals surface area contributed by atoms with Crippen LogP contribution < -0.4 is 0 Å². The highest BCUT2D eigenvalue weighted by Crippen LogP contribution is 1.88. The van der Waals surface area contributed by atoms with Crippen LogP contribution in [0, 0.1) is 0 Å². The Morgan fingerprint density at radius 2 is 1.36 bits per heavy atom. The summed E-state index contributed by atoms with van der Waals surface area (Å²) in [5.74, 6) is 0. The normalized spacial score (nSPS) is 12.0. The molecule has 0 aliphatic heterocycles. The van der Waals surface area contributed by atoms with Gasteiger partial charge in [0, 0.05) is 19.4 Å². The minimum absolute atomic E-state index is 0.977. The molecule has 0 aromatic rings. The first-order valence-corrected chi connectivity index (χ1v) is 5.99. The van der Waals surface area contributed by atoms with E-state index >= 15 is 0 Å². The fourth-order valence-corrected chi connectivity index (χ4v) is 3.06. The summed E-state index contributed by atoms with van der Waals surface area (Å²) in [6.07, 6.45) is 2.24. The maximum atomic E-state index is 5.43. The predicted octanol–water partition coefficient (Wildman–Crippen LogP) is -0.442. The third-order valence-corrected chi connectivity index (χ3v) is 4.41. The monoisotopic (exact) mass is 176 g/mol. The highest BCUT2D eigenvalue weighted by atomic mass is 28.3. The summed E-state index contributed by atoms with van der Waals surface area (Å²) >= 11 is 0. The van der Waals surface area contributed by atoms with E-state index in [0.29, 0.717) is 0 Å². The lowest BCUT2D eigenvalue weighted by Crippen LogP contribution is -2.40. The SMILES string of the molecule is CO[SiH](CN(C)C)CN(C)C. The lowest BCUT2D eigenvalue weighted by Gasteiger charge is -2.20. The van der Waals surface area contributed by atoms with E-state index in [1.54, 1.807) is 0 Å². The van der Waals surface area contributed by atoms with Gasteiger partial charge in [0.1, 0.15) is 0 Å². The molecule has 0 aromatic heterocycles. The van der Waals surface area contributed by atoms with Crippen LogP contribution in [0.5, 0.6) is 0 Å². The largest absolute Gasteiger partial charge is 0.421 e. The molecule has 0 rings (SSSR count). The van der Waals surface area contributed by atoms with E-state index in [9.17, 15) is 0 Å². The number of hydrogen-bond donors (Lipinski definition) is 0. The van der Waals surface area contributed by atoms with Crippen LogP contribution in [-0.2, 0) is 4.43 Å². The first kappa shape index (κ1) is 11.1. The number of hydrogen-bond acceptors (Lipinski definition) is 3. The van der Waals surface area contributed by atoms with Crippen molar-refractivity contribution in [3.8, 4) is 0 Å². The summed E-state index contributed by atoms with van der Waals surface area (Å²) < 4.78 is 5.43. The Balaban J connectivity index is 3.58. The number of rotatable bonds is 5. The van der Waals surface area contributed by atoms with Crippen LogP contribution in [0.2, 0.25) is 0 Å². The van der Waals surface area contributed by atoms with E-state index in [-0.39, 0.29) is 0 Å². The van der Waals surface area contributed by atoms with Crippen molar-refractivity contribution in [2.45, 2.75) is 0 Å². The summed E-state index contributed by atoms with van der Waals surface area (Å²) in [6, 6.07) is 0. The Labute approximate surface area is 71.7 Å². The minimum Gasteiger partial charge on any atom is -0.421 e. The molecule has 0 aliphatic rings. The molecule has 0 aromatic carbocycles. The van der Waals surface area contributed by atoms with Gasteiger partial charge in [-0.3, -0.25) is 0 Å². The van der Waals surface area contributed by atoms with Crippen LogP contribution in [0.15, 0.2) is 0 Å². The van der Waals surface area contributed by atoms with Gasteiger partial charge < -0.3 is 14.2 Å². The lowest BCUT2D eigenvalue weighted by molar-refractivity contribution is 0.351. The van der Waals surface area contributed by atoms with Crippen molar-refractivity contribution in [2.75, 3.05) is 47.6 Å². The Bertz CT molecular complexity index is 88.4. The van der Waals surface area contributed by atoms with Crippen molar-refractivity contribution in [3.63, 3.8) is 0 Å². The molecule has 68 valence electrons. The van der Waals surface area contributed by atoms with Crippen molar-refractivity contribution in [2.24, 2.45) is 0 Å². The molecule has 0 heterocycles. The summed E-state index contributed by atoms with van der Waals surface area (Å²) in [7, 11) is 9.21. The highest BCUT2D eigenvalue weighted by Gasteiger charge is 2.11. The average Bonchev–Trinajstić information content (AvgIpc) is 1.84. The van der Waals surface area contributed by atoms with Crippen LogP contribution in [0.1, 0.15) is 0 Å². The molecule has 0 bridgehead atoms. The Morgan fingerprint density at radius 1 is 1.00 bits per heavy atom. The van der Waals surface area contributed by atoms with Gasteiger partial charge in [-0.2, -0.15) is 0 Å². The summed E-state index contributed by atoms with van der Waals surface area (Å²) in [5, 5.41) is 0. The van der Waals surface area contributed by atoms with Gasteiger partial charge in [0.2, 0.25) is 9.04 Å². The molecule has 0 amide bonds. The van der Waals surface area contributed by atoms with Crippen molar-refractivity contribution in [3.05, 3.63) is 0 Å².